The third-order valence-electron chi connectivity index (χ3n) is 6.71. The number of hydrogen-bond acceptors (Lipinski definition) is 6. The van der Waals surface area contributed by atoms with Crippen LogP contribution < -0.4 is 15.5 Å². The molecular formula is C26H35ClN6O. The second-order valence-electron chi connectivity index (χ2n) is 9.79. The molecule has 2 aliphatic rings. The fraction of sp³-hybridized carbons (Fsp3) is 0.500. The van der Waals surface area contributed by atoms with E-state index >= 15 is 0 Å². The lowest BCUT2D eigenvalue weighted by Crippen LogP contribution is -2.56. The number of fused-ring (bicyclic) bond motifs is 1. The van der Waals surface area contributed by atoms with Gasteiger partial charge in [-0.1, -0.05) is 51.1 Å². The number of benzene rings is 1. The van der Waals surface area contributed by atoms with Gasteiger partial charge in [0.15, 0.2) is 0 Å². The van der Waals surface area contributed by atoms with Crippen LogP contribution in [0, 0.1) is 0 Å². The van der Waals surface area contributed by atoms with E-state index in [4.69, 9.17) is 11.6 Å². The van der Waals surface area contributed by atoms with Gasteiger partial charge in [0.05, 0.1) is 5.92 Å². The second kappa shape index (κ2) is 10.3. The Morgan fingerprint density at radius 3 is 2.65 bits per heavy atom. The van der Waals surface area contributed by atoms with Crippen molar-refractivity contribution in [1.29, 1.82) is 0 Å². The Kier molecular flexibility index (Phi) is 7.43. The zero-order valence-electron chi connectivity index (χ0n) is 20.5. The van der Waals surface area contributed by atoms with E-state index in [1.807, 2.05) is 29.2 Å². The number of amides is 1. The molecule has 0 radical (unpaired) electrons. The fourth-order valence-electron chi connectivity index (χ4n) is 4.96. The quantitative estimate of drug-likeness (QED) is 0.636. The highest BCUT2D eigenvalue weighted by Crippen LogP contribution is 2.39. The number of piperazine rings is 1. The maximum absolute atomic E-state index is 13.8. The third-order valence-corrected chi connectivity index (χ3v) is 6.97. The van der Waals surface area contributed by atoms with Gasteiger partial charge in [0, 0.05) is 54.5 Å². The minimum Gasteiger partial charge on any atom is -0.352 e. The summed E-state index contributed by atoms with van der Waals surface area (Å²) < 4.78 is 0. The molecule has 2 N–H and O–H groups in total. The number of anilines is 2. The predicted octanol–water partition coefficient (Wildman–Crippen LogP) is 4.38. The van der Waals surface area contributed by atoms with Crippen molar-refractivity contribution in [1.82, 2.24) is 20.2 Å². The molecule has 34 heavy (non-hydrogen) atoms. The van der Waals surface area contributed by atoms with E-state index in [1.54, 1.807) is 6.33 Å². The molecule has 0 bridgehead atoms. The molecule has 0 aliphatic carbocycles. The first-order valence-corrected chi connectivity index (χ1v) is 12.5. The first kappa shape index (κ1) is 24.5. The normalized spacial score (nSPS) is 21.3. The summed E-state index contributed by atoms with van der Waals surface area (Å²) >= 11 is 6.10. The van der Waals surface area contributed by atoms with E-state index in [0.29, 0.717) is 30.1 Å². The molecule has 4 rings (SSSR count). The molecular weight excluding hydrogens is 448 g/mol. The van der Waals surface area contributed by atoms with Crippen molar-refractivity contribution in [3.05, 3.63) is 59.0 Å². The zero-order valence-corrected chi connectivity index (χ0v) is 21.3. The van der Waals surface area contributed by atoms with Gasteiger partial charge >= 0.3 is 0 Å². The second-order valence-corrected chi connectivity index (χ2v) is 10.2. The van der Waals surface area contributed by atoms with Crippen LogP contribution in [0.1, 0.15) is 57.1 Å². The van der Waals surface area contributed by atoms with E-state index in [2.05, 4.69) is 59.8 Å². The van der Waals surface area contributed by atoms with Crippen LogP contribution in [0.15, 0.2) is 42.9 Å². The average Bonchev–Trinajstić information content (AvgIpc) is 2.79. The molecule has 182 valence electrons. The van der Waals surface area contributed by atoms with E-state index < -0.39 is 0 Å². The molecule has 3 atom stereocenters. The first-order chi connectivity index (χ1) is 16.2. The van der Waals surface area contributed by atoms with Gasteiger partial charge in [-0.05, 0) is 37.0 Å². The topological polar surface area (TPSA) is 73.4 Å². The molecule has 1 aromatic heterocycles. The van der Waals surface area contributed by atoms with E-state index in [1.165, 1.54) is 0 Å². The van der Waals surface area contributed by atoms with Gasteiger partial charge in [0.2, 0.25) is 5.91 Å². The summed E-state index contributed by atoms with van der Waals surface area (Å²) in [5, 5.41) is 7.44. The van der Waals surface area contributed by atoms with Gasteiger partial charge in [-0.25, -0.2) is 9.97 Å². The summed E-state index contributed by atoms with van der Waals surface area (Å²) in [6.45, 7) is 15.3. The maximum Gasteiger partial charge on any atom is 0.231 e. The van der Waals surface area contributed by atoms with Crippen molar-refractivity contribution in [2.24, 2.45) is 0 Å². The van der Waals surface area contributed by atoms with Gasteiger partial charge in [-0.3, -0.25) is 4.79 Å². The van der Waals surface area contributed by atoms with Crippen LogP contribution in [0.2, 0.25) is 5.02 Å². The molecule has 0 spiro atoms. The zero-order chi connectivity index (χ0) is 24.4. The highest BCUT2D eigenvalue weighted by molar-refractivity contribution is 6.30. The Morgan fingerprint density at radius 1 is 1.24 bits per heavy atom. The van der Waals surface area contributed by atoms with Crippen LogP contribution in [-0.2, 0) is 4.79 Å². The molecule has 2 aliphatic heterocycles. The molecule has 3 heterocycles. The minimum absolute atomic E-state index is 0.0579. The minimum atomic E-state index is -0.254. The lowest BCUT2D eigenvalue weighted by Gasteiger charge is -2.43. The van der Waals surface area contributed by atoms with Crippen molar-refractivity contribution < 1.29 is 4.79 Å². The van der Waals surface area contributed by atoms with Crippen LogP contribution in [0.4, 0.5) is 11.6 Å². The lowest BCUT2D eigenvalue weighted by atomic mass is 9.93. The molecule has 1 aromatic carbocycles. The van der Waals surface area contributed by atoms with Crippen LogP contribution in [-0.4, -0.2) is 59.0 Å². The van der Waals surface area contributed by atoms with Crippen molar-refractivity contribution in [3.8, 4) is 0 Å². The van der Waals surface area contributed by atoms with Gasteiger partial charge in [0.25, 0.3) is 0 Å². The van der Waals surface area contributed by atoms with Gasteiger partial charge in [0.1, 0.15) is 18.0 Å². The van der Waals surface area contributed by atoms with Crippen LogP contribution in [0.25, 0.3) is 0 Å². The van der Waals surface area contributed by atoms with Gasteiger partial charge in [-0.2, -0.15) is 0 Å². The molecule has 1 saturated heterocycles. The SMILES string of the molecule is C=C1C[C@@H](C)c2c(ncnc2N2CCN(C(=O)[C@H](CNC(C)C)c3ccc(Cl)cc3)[C@H](C)C2)N1. The Bertz CT molecular complexity index is 1040. The highest BCUT2D eigenvalue weighted by Gasteiger charge is 2.35. The largest absolute Gasteiger partial charge is 0.352 e. The molecule has 8 heteroatoms. The van der Waals surface area contributed by atoms with Gasteiger partial charge in [-0.15, -0.1) is 0 Å². The number of nitrogens with one attached hydrogen (secondary N) is 2. The Morgan fingerprint density at radius 2 is 1.97 bits per heavy atom. The summed E-state index contributed by atoms with van der Waals surface area (Å²) in [6.07, 6.45) is 2.48. The summed E-state index contributed by atoms with van der Waals surface area (Å²) in [5.74, 6) is 2.01. The molecule has 0 saturated carbocycles. The lowest BCUT2D eigenvalue weighted by molar-refractivity contribution is -0.135. The number of rotatable bonds is 6. The van der Waals surface area contributed by atoms with Gasteiger partial charge < -0.3 is 20.4 Å². The number of halogens is 1. The van der Waals surface area contributed by atoms with E-state index in [-0.39, 0.29) is 17.9 Å². The van der Waals surface area contributed by atoms with E-state index in [0.717, 1.165) is 48.0 Å². The number of carbonyl (C=O) groups excluding carboxylic acids is 1. The molecule has 7 nitrogen and oxygen atoms in total. The standard InChI is InChI=1S/C26H35ClN6O/c1-16(2)28-13-22(20-6-8-21(27)9-7-20)26(34)33-11-10-32(14-19(33)5)25-23-17(3)12-18(4)31-24(23)29-15-30-25/h6-9,15-17,19,22,28H,4,10-14H2,1-3,5H3,(H,29,30,31)/t17-,19-,22-/m1/s1. The molecule has 2 aromatic rings. The summed E-state index contributed by atoms with van der Waals surface area (Å²) in [5.41, 5.74) is 3.11. The molecule has 0 unspecified atom stereocenters. The maximum atomic E-state index is 13.8. The number of carbonyl (C=O) groups is 1. The number of hydrogen-bond donors (Lipinski definition) is 2. The summed E-state index contributed by atoms with van der Waals surface area (Å²) in [6, 6.07) is 7.99. The van der Waals surface area contributed by atoms with Crippen molar-refractivity contribution in [2.75, 3.05) is 36.4 Å². The Balaban J connectivity index is 1.52. The summed E-state index contributed by atoms with van der Waals surface area (Å²) in [7, 11) is 0. The van der Waals surface area contributed by atoms with Crippen LogP contribution >= 0.6 is 11.6 Å². The highest BCUT2D eigenvalue weighted by atomic mass is 35.5. The Labute approximate surface area is 207 Å². The van der Waals surface area contributed by atoms with Crippen LogP contribution in [0.5, 0.6) is 0 Å². The number of allylic oxidation sites excluding steroid dienone is 1. The first-order valence-electron chi connectivity index (χ1n) is 12.1. The molecule has 1 fully saturated rings. The van der Waals surface area contributed by atoms with Crippen LogP contribution in [0.3, 0.4) is 0 Å². The average molecular weight is 483 g/mol. The smallest absolute Gasteiger partial charge is 0.231 e. The van der Waals surface area contributed by atoms with Crippen molar-refractivity contribution in [3.63, 3.8) is 0 Å². The number of aromatic nitrogens is 2. The number of nitrogens with zero attached hydrogens (tertiary/aromatic N) is 4. The van der Waals surface area contributed by atoms with Crippen molar-refractivity contribution in [2.45, 2.75) is 58.0 Å². The van der Waals surface area contributed by atoms with Crippen molar-refractivity contribution >= 4 is 29.1 Å². The molecule has 1 amide bonds. The fourth-order valence-corrected chi connectivity index (χ4v) is 5.08. The third kappa shape index (κ3) is 5.20. The Hall–Kier alpha value is -2.64. The predicted molar refractivity (Wildman–Crippen MR) is 139 cm³/mol. The monoisotopic (exact) mass is 482 g/mol. The van der Waals surface area contributed by atoms with E-state index in [9.17, 15) is 4.79 Å². The summed E-state index contributed by atoms with van der Waals surface area (Å²) in [4.78, 5) is 27.2.